The molecule has 0 saturated heterocycles. The molecule has 1 aromatic heterocycles. The highest BCUT2D eigenvalue weighted by Gasteiger charge is 2.17. The molecule has 0 unspecified atom stereocenters. The van der Waals surface area contributed by atoms with Crippen LogP contribution in [-0.4, -0.2) is 33.3 Å². The van der Waals surface area contributed by atoms with Crippen LogP contribution in [0.5, 0.6) is 5.75 Å². The molecule has 0 radical (unpaired) electrons. The Hall–Kier alpha value is -3.35. The van der Waals surface area contributed by atoms with Crippen LogP contribution in [0.25, 0.3) is 11.0 Å². The van der Waals surface area contributed by atoms with E-state index in [-0.39, 0.29) is 25.5 Å². The minimum Gasteiger partial charge on any atom is -0.491 e. The van der Waals surface area contributed by atoms with Gasteiger partial charge in [0.05, 0.1) is 24.0 Å². The molecule has 0 fully saturated rings. The van der Waals surface area contributed by atoms with Crippen molar-refractivity contribution in [3.8, 4) is 5.75 Å². The first-order chi connectivity index (χ1) is 16.4. The van der Waals surface area contributed by atoms with Gasteiger partial charge in [-0.1, -0.05) is 48.0 Å². The number of hydrogen-bond acceptors (Lipinski definition) is 4. The van der Waals surface area contributed by atoms with Crippen molar-refractivity contribution in [2.24, 2.45) is 0 Å². The molecule has 4 rings (SSSR count). The molecular weight excluding hydrogens is 450 g/mol. The second-order valence-corrected chi connectivity index (χ2v) is 8.88. The molecule has 0 aliphatic rings. The zero-order valence-electron chi connectivity index (χ0n) is 19.3. The fourth-order valence-electron chi connectivity index (χ4n) is 3.79. The molecule has 0 aliphatic carbocycles. The van der Waals surface area contributed by atoms with Crippen molar-refractivity contribution in [1.29, 1.82) is 0 Å². The van der Waals surface area contributed by atoms with Crippen molar-refractivity contribution in [2.75, 3.05) is 6.61 Å². The van der Waals surface area contributed by atoms with Gasteiger partial charge in [0.15, 0.2) is 0 Å². The number of ether oxygens (including phenoxy) is 1. The number of amides is 1. The van der Waals surface area contributed by atoms with Gasteiger partial charge in [-0.3, -0.25) is 4.79 Å². The lowest BCUT2D eigenvalue weighted by Crippen LogP contribution is -2.28. The van der Waals surface area contributed by atoms with Crippen LogP contribution in [0.1, 0.15) is 22.5 Å². The van der Waals surface area contributed by atoms with Crippen LogP contribution >= 0.6 is 11.6 Å². The second kappa shape index (κ2) is 10.7. The van der Waals surface area contributed by atoms with Gasteiger partial charge in [0.25, 0.3) is 0 Å². The fraction of sp³-hybridized carbons (Fsp3) is 0.259. The topological polar surface area (TPSA) is 76.4 Å². The van der Waals surface area contributed by atoms with Gasteiger partial charge in [-0.15, -0.1) is 0 Å². The minimum atomic E-state index is -0.770. The summed E-state index contributed by atoms with van der Waals surface area (Å²) in [6.07, 6.45) is -0.666. The number of para-hydroxylation sites is 2. The number of nitrogens with one attached hydrogen (secondary N) is 1. The molecular formula is C27H28ClN3O3. The van der Waals surface area contributed by atoms with Crippen LogP contribution in [0.2, 0.25) is 5.02 Å². The van der Waals surface area contributed by atoms with Gasteiger partial charge in [-0.25, -0.2) is 4.98 Å². The van der Waals surface area contributed by atoms with Gasteiger partial charge in [0.2, 0.25) is 5.91 Å². The molecule has 34 heavy (non-hydrogen) atoms. The number of nitrogens with zero attached hydrogens (tertiary/aromatic N) is 2. The first kappa shape index (κ1) is 23.8. The van der Waals surface area contributed by atoms with E-state index >= 15 is 0 Å². The van der Waals surface area contributed by atoms with E-state index in [1.165, 1.54) is 0 Å². The zero-order valence-corrected chi connectivity index (χ0v) is 20.0. The molecule has 0 spiro atoms. The number of carbonyl (C=O) groups is 1. The third-order valence-corrected chi connectivity index (χ3v) is 5.88. The number of aryl methyl sites for hydroxylation is 2. The van der Waals surface area contributed by atoms with Crippen LogP contribution < -0.4 is 10.1 Å². The number of hydrogen-bond donors (Lipinski definition) is 2. The van der Waals surface area contributed by atoms with E-state index in [0.29, 0.717) is 17.4 Å². The van der Waals surface area contributed by atoms with Crippen molar-refractivity contribution in [2.45, 2.75) is 39.5 Å². The number of fused-ring (bicyclic) bond motifs is 1. The Bertz CT molecular complexity index is 1280. The van der Waals surface area contributed by atoms with Crippen molar-refractivity contribution in [3.63, 3.8) is 0 Å². The fourth-order valence-corrected chi connectivity index (χ4v) is 3.91. The molecule has 0 saturated carbocycles. The van der Waals surface area contributed by atoms with E-state index in [1.54, 1.807) is 12.1 Å². The SMILES string of the molecule is Cc1ccc(C)c(OC[C@H](O)Cn2c(CC(=O)NCc3ccc(Cl)cc3)nc3ccccc32)c1. The number of aliphatic hydroxyl groups is 1. The molecule has 4 aromatic rings. The van der Waals surface area contributed by atoms with E-state index in [4.69, 9.17) is 16.3 Å². The van der Waals surface area contributed by atoms with Crippen molar-refractivity contribution >= 4 is 28.5 Å². The molecule has 0 aliphatic heterocycles. The van der Waals surface area contributed by atoms with Gasteiger partial charge >= 0.3 is 0 Å². The molecule has 1 heterocycles. The van der Waals surface area contributed by atoms with E-state index in [1.807, 2.05) is 73.0 Å². The van der Waals surface area contributed by atoms with E-state index < -0.39 is 6.10 Å². The highest BCUT2D eigenvalue weighted by atomic mass is 35.5. The Kier molecular flexibility index (Phi) is 7.50. The second-order valence-electron chi connectivity index (χ2n) is 8.44. The molecule has 3 aromatic carbocycles. The standard InChI is InChI=1S/C27H28ClN3O3/c1-18-7-8-19(2)25(13-18)34-17-22(32)16-31-24-6-4-3-5-23(24)30-26(31)14-27(33)29-15-20-9-11-21(28)12-10-20/h3-13,22,32H,14-17H2,1-2H3,(H,29,33)/t22-/m1/s1. The number of carbonyl (C=O) groups excluding carboxylic acids is 1. The summed E-state index contributed by atoms with van der Waals surface area (Å²) in [4.78, 5) is 17.3. The highest BCUT2D eigenvalue weighted by molar-refractivity contribution is 6.30. The number of rotatable bonds is 9. The van der Waals surface area contributed by atoms with Crippen LogP contribution in [0.15, 0.2) is 66.7 Å². The van der Waals surface area contributed by atoms with Crippen LogP contribution in [0, 0.1) is 13.8 Å². The van der Waals surface area contributed by atoms with Crippen LogP contribution in [0.4, 0.5) is 0 Å². The summed E-state index contributed by atoms with van der Waals surface area (Å²) in [5, 5.41) is 14.3. The highest BCUT2D eigenvalue weighted by Crippen LogP contribution is 2.21. The summed E-state index contributed by atoms with van der Waals surface area (Å²) in [6, 6.07) is 21.0. The number of halogens is 1. The number of aliphatic hydroxyl groups excluding tert-OH is 1. The normalized spacial score (nSPS) is 12.0. The van der Waals surface area contributed by atoms with Gasteiger partial charge < -0.3 is 19.7 Å². The van der Waals surface area contributed by atoms with Crippen molar-refractivity contribution in [3.05, 3.63) is 94.3 Å². The molecule has 176 valence electrons. The smallest absolute Gasteiger partial charge is 0.227 e. The molecule has 6 nitrogen and oxygen atoms in total. The first-order valence-corrected chi connectivity index (χ1v) is 11.6. The number of imidazole rings is 1. The van der Waals surface area contributed by atoms with E-state index in [9.17, 15) is 9.90 Å². The predicted octanol–water partition coefficient (Wildman–Crippen LogP) is 4.61. The van der Waals surface area contributed by atoms with Crippen LogP contribution in [-0.2, 0) is 24.3 Å². The zero-order chi connectivity index (χ0) is 24.1. The Balaban J connectivity index is 1.44. The maximum atomic E-state index is 12.7. The largest absolute Gasteiger partial charge is 0.491 e. The summed E-state index contributed by atoms with van der Waals surface area (Å²) in [5.74, 6) is 1.21. The molecule has 1 atom stereocenters. The lowest BCUT2D eigenvalue weighted by Gasteiger charge is -2.17. The lowest BCUT2D eigenvalue weighted by molar-refractivity contribution is -0.120. The lowest BCUT2D eigenvalue weighted by atomic mass is 10.1. The van der Waals surface area contributed by atoms with Gasteiger partial charge in [0.1, 0.15) is 24.3 Å². The maximum Gasteiger partial charge on any atom is 0.227 e. The third kappa shape index (κ3) is 5.95. The molecule has 2 N–H and O–H groups in total. The van der Waals surface area contributed by atoms with Crippen molar-refractivity contribution < 1.29 is 14.6 Å². The Morgan fingerprint density at radius 2 is 1.88 bits per heavy atom. The molecule has 1 amide bonds. The molecule has 7 heteroatoms. The predicted molar refractivity (Wildman–Crippen MR) is 134 cm³/mol. The maximum absolute atomic E-state index is 12.7. The monoisotopic (exact) mass is 477 g/mol. The average molecular weight is 478 g/mol. The Labute approximate surface area is 204 Å². The Morgan fingerprint density at radius 1 is 1.12 bits per heavy atom. The van der Waals surface area contributed by atoms with E-state index in [0.717, 1.165) is 33.5 Å². The molecule has 0 bridgehead atoms. The number of benzene rings is 3. The van der Waals surface area contributed by atoms with Gasteiger partial charge in [0, 0.05) is 11.6 Å². The number of aromatic nitrogens is 2. The summed E-state index contributed by atoms with van der Waals surface area (Å²) >= 11 is 5.92. The Morgan fingerprint density at radius 3 is 2.68 bits per heavy atom. The van der Waals surface area contributed by atoms with Gasteiger partial charge in [-0.05, 0) is 60.9 Å². The quantitative estimate of drug-likeness (QED) is 0.369. The third-order valence-electron chi connectivity index (χ3n) is 5.62. The van der Waals surface area contributed by atoms with Crippen LogP contribution in [0.3, 0.4) is 0 Å². The summed E-state index contributed by atoms with van der Waals surface area (Å²) in [6.45, 7) is 4.79. The first-order valence-electron chi connectivity index (χ1n) is 11.2. The van der Waals surface area contributed by atoms with E-state index in [2.05, 4.69) is 10.3 Å². The summed E-state index contributed by atoms with van der Waals surface area (Å²) in [7, 11) is 0. The average Bonchev–Trinajstić information content (AvgIpc) is 3.16. The van der Waals surface area contributed by atoms with Crippen molar-refractivity contribution in [1.82, 2.24) is 14.9 Å². The summed E-state index contributed by atoms with van der Waals surface area (Å²) < 4.78 is 7.78. The summed E-state index contributed by atoms with van der Waals surface area (Å²) in [5.41, 5.74) is 4.73. The van der Waals surface area contributed by atoms with Gasteiger partial charge in [-0.2, -0.15) is 0 Å². The minimum absolute atomic E-state index is 0.104.